The van der Waals surface area contributed by atoms with Crippen molar-refractivity contribution >= 4 is 51.3 Å². The predicted octanol–water partition coefficient (Wildman–Crippen LogP) is 2.79. The fraction of sp³-hybridized carbons (Fsp3) is 0.353. The summed E-state index contributed by atoms with van der Waals surface area (Å²) in [5, 5.41) is 6.46. The van der Waals surface area contributed by atoms with Crippen LogP contribution in [0.25, 0.3) is 0 Å². The summed E-state index contributed by atoms with van der Waals surface area (Å²) < 4.78 is 25.8. The smallest absolute Gasteiger partial charge is 0.252 e. The molecule has 0 aliphatic heterocycles. The highest BCUT2D eigenvalue weighted by atomic mass is 127. The first kappa shape index (κ1) is 22.9. The highest BCUT2D eigenvalue weighted by Crippen LogP contribution is 2.23. The van der Waals surface area contributed by atoms with Crippen molar-refractivity contribution in [1.29, 1.82) is 0 Å². The van der Waals surface area contributed by atoms with Crippen LogP contribution in [-0.2, 0) is 23.1 Å². The van der Waals surface area contributed by atoms with Crippen LogP contribution in [-0.4, -0.2) is 39.8 Å². The molecule has 0 saturated carbocycles. The number of halogens is 1. The number of aryl methyl sites for hydroxylation is 1. The van der Waals surface area contributed by atoms with Gasteiger partial charge in [0.1, 0.15) is 4.21 Å². The van der Waals surface area contributed by atoms with Gasteiger partial charge in [-0.2, -0.15) is 0 Å². The molecule has 2 aromatic rings. The maximum absolute atomic E-state index is 12.1. The molecule has 0 atom stereocenters. The first-order chi connectivity index (χ1) is 11.8. The lowest BCUT2D eigenvalue weighted by molar-refractivity contribution is 0.523. The third-order valence-corrected chi connectivity index (χ3v) is 6.94. The Kier molecular flexibility index (Phi) is 9.01. The van der Waals surface area contributed by atoms with E-state index in [1.165, 1.54) is 40.9 Å². The van der Waals surface area contributed by atoms with Gasteiger partial charge in [0.05, 0.1) is 6.54 Å². The fourth-order valence-corrected chi connectivity index (χ4v) is 4.64. The van der Waals surface area contributed by atoms with Gasteiger partial charge >= 0.3 is 0 Å². The minimum absolute atomic E-state index is 0. The van der Waals surface area contributed by atoms with E-state index in [1.54, 1.807) is 13.1 Å². The number of nitrogens with one attached hydrogen (secondary N) is 2. The number of thiophene rings is 1. The molecule has 0 bridgehead atoms. The molecule has 0 fully saturated rings. The van der Waals surface area contributed by atoms with Crippen LogP contribution in [0, 0.1) is 6.92 Å². The van der Waals surface area contributed by atoms with Gasteiger partial charge in [0.25, 0.3) is 10.0 Å². The lowest BCUT2D eigenvalue weighted by Crippen LogP contribution is -2.36. The van der Waals surface area contributed by atoms with Crippen molar-refractivity contribution in [2.24, 2.45) is 4.99 Å². The van der Waals surface area contributed by atoms with E-state index in [4.69, 9.17) is 0 Å². The van der Waals surface area contributed by atoms with E-state index < -0.39 is 10.0 Å². The quantitative estimate of drug-likeness (QED) is 0.358. The molecule has 0 spiro atoms. The fourth-order valence-electron chi connectivity index (χ4n) is 2.17. The molecular formula is C17H25IN4O2S2. The number of hydrogen-bond donors (Lipinski definition) is 2. The Morgan fingerprint density at radius 1 is 1.15 bits per heavy atom. The average molecular weight is 508 g/mol. The monoisotopic (exact) mass is 508 g/mol. The third-order valence-electron chi connectivity index (χ3n) is 3.57. The predicted molar refractivity (Wildman–Crippen MR) is 119 cm³/mol. The van der Waals surface area contributed by atoms with Crippen LogP contribution in [0.3, 0.4) is 0 Å². The molecule has 9 heteroatoms. The van der Waals surface area contributed by atoms with Gasteiger partial charge < -0.3 is 10.6 Å². The summed E-state index contributed by atoms with van der Waals surface area (Å²) in [5.74, 6) is 0.673. The van der Waals surface area contributed by atoms with Gasteiger partial charge in [-0.3, -0.25) is 4.99 Å². The average Bonchev–Trinajstić information content (AvgIpc) is 3.04. The number of rotatable bonds is 6. The Labute approximate surface area is 176 Å². The van der Waals surface area contributed by atoms with Crippen LogP contribution in [0.1, 0.15) is 16.0 Å². The highest BCUT2D eigenvalue weighted by Gasteiger charge is 2.19. The van der Waals surface area contributed by atoms with Crippen molar-refractivity contribution in [3.63, 3.8) is 0 Å². The van der Waals surface area contributed by atoms with E-state index in [0.29, 0.717) is 23.3 Å². The van der Waals surface area contributed by atoms with Gasteiger partial charge in [-0.05, 0) is 24.6 Å². The molecular weight excluding hydrogens is 483 g/mol. The largest absolute Gasteiger partial charge is 0.352 e. The van der Waals surface area contributed by atoms with Crippen LogP contribution in [0.2, 0.25) is 0 Å². The van der Waals surface area contributed by atoms with E-state index in [-0.39, 0.29) is 24.0 Å². The molecule has 0 amide bonds. The maximum Gasteiger partial charge on any atom is 0.252 e. The molecule has 0 unspecified atom stereocenters. The molecule has 1 aromatic heterocycles. The van der Waals surface area contributed by atoms with Crippen molar-refractivity contribution in [2.45, 2.75) is 24.2 Å². The second kappa shape index (κ2) is 10.2. The molecule has 0 saturated heterocycles. The molecule has 2 rings (SSSR count). The number of benzene rings is 1. The van der Waals surface area contributed by atoms with E-state index >= 15 is 0 Å². The topological polar surface area (TPSA) is 73.8 Å². The molecule has 0 aliphatic carbocycles. The minimum atomic E-state index is -3.37. The number of aliphatic imine (C=N–C) groups is 1. The summed E-state index contributed by atoms with van der Waals surface area (Å²) in [6, 6.07) is 11.7. The molecule has 144 valence electrons. The third kappa shape index (κ3) is 6.22. The van der Waals surface area contributed by atoms with E-state index in [0.717, 1.165) is 4.88 Å². The van der Waals surface area contributed by atoms with Crippen LogP contribution >= 0.6 is 35.3 Å². The van der Waals surface area contributed by atoms with Crippen molar-refractivity contribution in [2.75, 3.05) is 21.1 Å². The summed E-state index contributed by atoms with van der Waals surface area (Å²) in [5.41, 5.74) is 2.40. The number of nitrogens with zero attached hydrogens (tertiary/aromatic N) is 2. The molecule has 26 heavy (non-hydrogen) atoms. The Bertz CT molecular complexity index is 848. The number of hydrogen-bond acceptors (Lipinski definition) is 4. The Hall–Kier alpha value is -1.17. The van der Waals surface area contributed by atoms with Gasteiger partial charge in [0.15, 0.2) is 5.96 Å². The van der Waals surface area contributed by atoms with Gasteiger partial charge in [0.2, 0.25) is 0 Å². The van der Waals surface area contributed by atoms with Crippen LogP contribution in [0.4, 0.5) is 0 Å². The highest BCUT2D eigenvalue weighted by molar-refractivity contribution is 14.0. The second-order valence-corrected chi connectivity index (χ2v) is 9.32. The Morgan fingerprint density at radius 3 is 2.46 bits per heavy atom. The van der Waals surface area contributed by atoms with Crippen LogP contribution in [0.15, 0.2) is 45.6 Å². The van der Waals surface area contributed by atoms with Crippen molar-refractivity contribution in [3.8, 4) is 0 Å². The van der Waals surface area contributed by atoms with Crippen molar-refractivity contribution in [1.82, 2.24) is 14.9 Å². The first-order valence-corrected chi connectivity index (χ1v) is 10.1. The van der Waals surface area contributed by atoms with Gasteiger partial charge in [-0.1, -0.05) is 29.8 Å². The van der Waals surface area contributed by atoms with E-state index in [9.17, 15) is 8.42 Å². The van der Waals surface area contributed by atoms with Crippen LogP contribution < -0.4 is 10.6 Å². The van der Waals surface area contributed by atoms with Crippen LogP contribution in [0.5, 0.6) is 0 Å². The van der Waals surface area contributed by atoms with E-state index in [1.807, 2.05) is 12.1 Å². The number of guanidine groups is 1. The van der Waals surface area contributed by atoms with E-state index in [2.05, 4.69) is 40.7 Å². The SMILES string of the molecule is CN=C(NCc1cccc(C)c1)NCc1ccc(S(=O)(=O)N(C)C)s1.I. The molecule has 0 aliphatic rings. The Morgan fingerprint density at radius 2 is 1.85 bits per heavy atom. The van der Waals surface area contributed by atoms with Gasteiger partial charge in [-0.15, -0.1) is 35.3 Å². The molecule has 0 radical (unpaired) electrons. The summed E-state index contributed by atoms with van der Waals surface area (Å²) in [4.78, 5) is 5.13. The lowest BCUT2D eigenvalue weighted by Gasteiger charge is -2.11. The maximum atomic E-state index is 12.1. The van der Waals surface area contributed by atoms with Gasteiger partial charge in [-0.25, -0.2) is 12.7 Å². The first-order valence-electron chi connectivity index (χ1n) is 7.84. The zero-order chi connectivity index (χ0) is 18.4. The number of sulfonamides is 1. The lowest BCUT2D eigenvalue weighted by atomic mass is 10.1. The van der Waals surface area contributed by atoms with Crippen molar-refractivity contribution < 1.29 is 8.42 Å². The second-order valence-electron chi connectivity index (χ2n) is 5.78. The summed E-state index contributed by atoms with van der Waals surface area (Å²) in [6.45, 7) is 3.25. The zero-order valence-corrected chi connectivity index (χ0v) is 19.3. The standard InChI is InChI=1S/C17H24N4O2S2.HI/c1-13-6-5-7-14(10-13)11-19-17(18-2)20-12-15-8-9-16(24-15)25(22,23)21(3)4;/h5-10H,11-12H2,1-4H3,(H2,18,19,20);1H. The van der Waals surface area contributed by atoms with Gasteiger partial charge in [0, 0.05) is 32.6 Å². The normalized spacial score (nSPS) is 12.0. The molecule has 2 N–H and O–H groups in total. The summed E-state index contributed by atoms with van der Waals surface area (Å²) in [6.07, 6.45) is 0. The summed E-state index contributed by atoms with van der Waals surface area (Å²) in [7, 11) is 1.40. The minimum Gasteiger partial charge on any atom is -0.352 e. The zero-order valence-electron chi connectivity index (χ0n) is 15.3. The Balaban J connectivity index is 0.00000338. The molecule has 1 heterocycles. The summed E-state index contributed by atoms with van der Waals surface area (Å²) >= 11 is 1.26. The molecule has 6 nitrogen and oxygen atoms in total. The molecule has 1 aromatic carbocycles. The van der Waals surface area contributed by atoms with Crippen molar-refractivity contribution in [3.05, 3.63) is 52.4 Å².